The van der Waals surface area contributed by atoms with Gasteiger partial charge in [0, 0.05) is 17.4 Å². The number of nitriles is 1. The third-order valence-corrected chi connectivity index (χ3v) is 4.93. The summed E-state index contributed by atoms with van der Waals surface area (Å²) in [6.07, 6.45) is 3.38. The van der Waals surface area contributed by atoms with E-state index in [2.05, 4.69) is 52.4 Å². The molecule has 140 valence electrons. The van der Waals surface area contributed by atoms with Crippen LogP contribution in [-0.4, -0.2) is 30.3 Å². The van der Waals surface area contributed by atoms with E-state index in [9.17, 15) is 0 Å². The van der Waals surface area contributed by atoms with E-state index in [-0.39, 0.29) is 5.54 Å². The summed E-state index contributed by atoms with van der Waals surface area (Å²) in [6, 6.07) is 9.83. The number of aryl methyl sites for hydroxylation is 1. The molecule has 0 spiro atoms. The molecule has 0 bridgehead atoms. The monoisotopic (exact) mass is 389 g/mol. The number of hydrogen-bond donors (Lipinski definition) is 1. The van der Waals surface area contributed by atoms with Gasteiger partial charge in [0.1, 0.15) is 11.1 Å². The molecule has 8 heteroatoms. The van der Waals surface area contributed by atoms with Crippen LogP contribution in [0.4, 0.5) is 5.69 Å². The quantitative estimate of drug-likeness (QED) is 0.561. The molecule has 4 rings (SSSR count). The van der Waals surface area contributed by atoms with Crippen molar-refractivity contribution in [3.63, 3.8) is 0 Å². The summed E-state index contributed by atoms with van der Waals surface area (Å²) in [7, 11) is 0. The Morgan fingerprint density at radius 2 is 1.96 bits per heavy atom. The highest BCUT2D eigenvalue weighted by atomic mass is 32.1. The lowest BCUT2D eigenvalue weighted by Gasteiger charge is -2.24. The molecule has 0 atom stereocenters. The van der Waals surface area contributed by atoms with Crippen LogP contribution in [0.15, 0.2) is 36.7 Å². The number of rotatable bonds is 3. The molecule has 1 N–H and O–H groups in total. The van der Waals surface area contributed by atoms with Gasteiger partial charge in [-0.3, -0.25) is 4.98 Å². The van der Waals surface area contributed by atoms with Gasteiger partial charge in [-0.1, -0.05) is 11.3 Å². The lowest BCUT2D eigenvalue weighted by Crippen LogP contribution is -2.26. The maximum atomic E-state index is 9.08. The first-order valence-corrected chi connectivity index (χ1v) is 9.63. The van der Waals surface area contributed by atoms with Gasteiger partial charge in [0.05, 0.1) is 34.2 Å². The van der Waals surface area contributed by atoms with Crippen molar-refractivity contribution in [3.05, 3.63) is 47.2 Å². The van der Waals surface area contributed by atoms with E-state index >= 15 is 0 Å². The van der Waals surface area contributed by atoms with E-state index in [1.165, 1.54) is 0 Å². The van der Waals surface area contributed by atoms with E-state index in [0.29, 0.717) is 5.56 Å². The molecule has 4 aromatic rings. The standard InChI is InChI=1S/C20H19N7S/c1-12-25-26-19(28-12)15-11-22-17(8-16(15)24-20(2,3)4)18-6-5-14-7-13(9-21)10-23-27(14)18/h5-8,10-11H,1-4H3,(H,22,24). The minimum atomic E-state index is -0.131. The fourth-order valence-electron chi connectivity index (χ4n) is 2.93. The van der Waals surface area contributed by atoms with Crippen molar-refractivity contribution in [1.29, 1.82) is 5.26 Å². The molecule has 0 saturated heterocycles. The van der Waals surface area contributed by atoms with Gasteiger partial charge in [-0.2, -0.15) is 10.4 Å². The smallest absolute Gasteiger partial charge is 0.151 e. The van der Waals surface area contributed by atoms with Gasteiger partial charge in [-0.15, -0.1) is 10.2 Å². The van der Waals surface area contributed by atoms with E-state index in [4.69, 9.17) is 5.26 Å². The first-order valence-electron chi connectivity index (χ1n) is 8.81. The van der Waals surface area contributed by atoms with Crippen LogP contribution in [0.1, 0.15) is 31.3 Å². The maximum absolute atomic E-state index is 9.08. The summed E-state index contributed by atoms with van der Waals surface area (Å²) in [5.41, 5.74) is 4.76. The topological polar surface area (TPSA) is 91.8 Å². The molecule has 28 heavy (non-hydrogen) atoms. The van der Waals surface area contributed by atoms with Crippen LogP contribution in [0.5, 0.6) is 0 Å². The minimum Gasteiger partial charge on any atom is -0.380 e. The largest absolute Gasteiger partial charge is 0.380 e. The number of anilines is 1. The molecule has 4 heterocycles. The predicted molar refractivity (Wildman–Crippen MR) is 110 cm³/mol. The van der Waals surface area contributed by atoms with Crippen molar-refractivity contribution in [1.82, 2.24) is 24.8 Å². The fourth-order valence-corrected chi connectivity index (χ4v) is 3.65. The number of pyridine rings is 1. The summed E-state index contributed by atoms with van der Waals surface area (Å²) >= 11 is 1.54. The van der Waals surface area contributed by atoms with Crippen molar-refractivity contribution < 1.29 is 0 Å². The second kappa shape index (κ2) is 6.69. The molecule has 0 fully saturated rings. The van der Waals surface area contributed by atoms with E-state index in [1.807, 2.05) is 37.4 Å². The molecular weight excluding hydrogens is 370 g/mol. The lowest BCUT2D eigenvalue weighted by molar-refractivity contribution is 0.634. The average molecular weight is 389 g/mol. The molecule has 0 aliphatic carbocycles. The summed E-state index contributed by atoms with van der Waals surface area (Å²) < 4.78 is 1.79. The van der Waals surface area contributed by atoms with Crippen molar-refractivity contribution in [2.24, 2.45) is 0 Å². The SMILES string of the molecule is Cc1nnc(-c2cnc(-c3ccc4cc(C#N)cnn34)cc2NC(C)(C)C)s1. The number of nitrogens with one attached hydrogen (secondary N) is 1. The van der Waals surface area contributed by atoms with Crippen molar-refractivity contribution >= 4 is 22.5 Å². The van der Waals surface area contributed by atoms with Crippen LogP contribution >= 0.6 is 11.3 Å². The van der Waals surface area contributed by atoms with Crippen LogP contribution in [0.25, 0.3) is 27.5 Å². The molecular formula is C20H19N7S. The zero-order chi connectivity index (χ0) is 19.9. The van der Waals surface area contributed by atoms with E-state index in [1.54, 1.807) is 22.0 Å². The zero-order valence-electron chi connectivity index (χ0n) is 16.1. The number of fused-ring (bicyclic) bond motifs is 1. The van der Waals surface area contributed by atoms with Crippen molar-refractivity contribution in [2.75, 3.05) is 5.32 Å². The lowest BCUT2D eigenvalue weighted by atomic mass is 10.1. The van der Waals surface area contributed by atoms with Gasteiger partial charge in [-0.05, 0) is 52.0 Å². The molecule has 0 radical (unpaired) electrons. The zero-order valence-corrected chi connectivity index (χ0v) is 16.9. The van der Waals surface area contributed by atoms with Crippen LogP contribution < -0.4 is 5.32 Å². The van der Waals surface area contributed by atoms with Gasteiger partial charge >= 0.3 is 0 Å². The van der Waals surface area contributed by atoms with Gasteiger partial charge < -0.3 is 5.32 Å². The third kappa shape index (κ3) is 3.44. The van der Waals surface area contributed by atoms with Crippen LogP contribution in [-0.2, 0) is 0 Å². The Labute approximate surface area is 166 Å². The summed E-state index contributed by atoms with van der Waals surface area (Å²) in [5, 5.41) is 27.2. The van der Waals surface area contributed by atoms with Gasteiger partial charge in [-0.25, -0.2) is 4.52 Å². The van der Waals surface area contributed by atoms with Crippen molar-refractivity contribution in [2.45, 2.75) is 33.2 Å². The Hall–Kier alpha value is -3.31. The highest BCUT2D eigenvalue weighted by Crippen LogP contribution is 2.34. The summed E-state index contributed by atoms with van der Waals surface area (Å²) in [5.74, 6) is 0. The molecule has 0 aromatic carbocycles. The van der Waals surface area contributed by atoms with Gasteiger partial charge in [0.15, 0.2) is 5.01 Å². The average Bonchev–Trinajstić information content (AvgIpc) is 3.26. The highest BCUT2D eigenvalue weighted by Gasteiger charge is 2.18. The Bertz CT molecular complexity index is 1210. The molecule has 0 saturated carbocycles. The van der Waals surface area contributed by atoms with Gasteiger partial charge in [0.2, 0.25) is 0 Å². The normalized spacial score (nSPS) is 11.5. The Morgan fingerprint density at radius 1 is 1.14 bits per heavy atom. The Kier molecular flexibility index (Phi) is 4.32. The molecule has 7 nitrogen and oxygen atoms in total. The number of hydrogen-bond acceptors (Lipinski definition) is 7. The van der Waals surface area contributed by atoms with E-state index < -0.39 is 0 Å². The molecule has 0 aliphatic heterocycles. The number of nitrogens with zero attached hydrogens (tertiary/aromatic N) is 6. The molecule has 4 aromatic heterocycles. The Balaban J connectivity index is 1.85. The summed E-state index contributed by atoms with van der Waals surface area (Å²) in [4.78, 5) is 4.66. The predicted octanol–water partition coefficient (Wildman–Crippen LogP) is 4.31. The first kappa shape index (κ1) is 18.1. The molecule has 0 amide bonds. The van der Waals surface area contributed by atoms with Crippen LogP contribution in [0.2, 0.25) is 0 Å². The van der Waals surface area contributed by atoms with Gasteiger partial charge in [0.25, 0.3) is 0 Å². The third-order valence-electron chi connectivity index (χ3n) is 4.06. The second-order valence-corrected chi connectivity index (χ2v) is 8.71. The highest BCUT2D eigenvalue weighted by molar-refractivity contribution is 7.14. The first-order chi connectivity index (χ1) is 13.3. The second-order valence-electron chi connectivity index (χ2n) is 7.53. The fraction of sp³-hybridized carbons (Fsp3) is 0.250. The summed E-state index contributed by atoms with van der Waals surface area (Å²) in [6.45, 7) is 8.27. The number of aromatic nitrogens is 5. The van der Waals surface area contributed by atoms with E-state index in [0.717, 1.165) is 38.2 Å². The maximum Gasteiger partial charge on any atom is 0.151 e. The molecule has 0 unspecified atom stereocenters. The van der Waals surface area contributed by atoms with Crippen LogP contribution in [0.3, 0.4) is 0 Å². The minimum absolute atomic E-state index is 0.131. The Morgan fingerprint density at radius 3 is 2.64 bits per heavy atom. The van der Waals surface area contributed by atoms with Crippen molar-refractivity contribution in [3.8, 4) is 28.0 Å². The molecule has 0 aliphatic rings. The van der Waals surface area contributed by atoms with Crippen LogP contribution in [0, 0.1) is 18.3 Å².